The van der Waals surface area contributed by atoms with Crippen LogP contribution >= 0.6 is 0 Å². The number of carboxylic acid groups (broad SMARTS) is 1. The highest BCUT2D eigenvalue weighted by Gasteiger charge is 2.33. The molecule has 4 rings (SSSR count). The Hall–Kier alpha value is -3.35. The number of hydrogen-bond donors (Lipinski definition) is 3. The Morgan fingerprint density at radius 3 is 2.22 bits per heavy atom. The maximum atomic E-state index is 12.6. The highest BCUT2D eigenvalue weighted by atomic mass is 16.5. The Morgan fingerprint density at radius 1 is 1.03 bits per heavy atom. The van der Waals surface area contributed by atoms with Gasteiger partial charge >= 0.3 is 12.1 Å². The second-order valence-electron chi connectivity index (χ2n) is 8.48. The molecule has 0 aromatic heterocycles. The Morgan fingerprint density at radius 2 is 1.66 bits per heavy atom. The summed E-state index contributed by atoms with van der Waals surface area (Å²) in [5.41, 5.74) is 4.55. The van der Waals surface area contributed by atoms with Gasteiger partial charge in [-0.2, -0.15) is 0 Å². The summed E-state index contributed by atoms with van der Waals surface area (Å²) in [6.45, 7) is 1.99. The third-order valence-corrected chi connectivity index (χ3v) is 6.49. The molecule has 2 unspecified atom stereocenters. The smallest absolute Gasteiger partial charge is 0.407 e. The molecule has 0 aliphatic heterocycles. The molecule has 3 N–H and O–H groups in total. The van der Waals surface area contributed by atoms with Crippen LogP contribution in [0.25, 0.3) is 11.1 Å². The van der Waals surface area contributed by atoms with Gasteiger partial charge in [0.25, 0.3) is 0 Å². The van der Waals surface area contributed by atoms with Crippen LogP contribution in [0, 0.1) is 5.92 Å². The van der Waals surface area contributed by atoms with E-state index in [2.05, 4.69) is 34.9 Å². The number of rotatable bonds is 7. The van der Waals surface area contributed by atoms with Crippen LogP contribution in [0.15, 0.2) is 48.5 Å². The average molecular weight is 437 g/mol. The van der Waals surface area contributed by atoms with Gasteiger partial charge in [0.1, 0.15) is 12.6 Å². The van der Waals surface area contributed by atoms with Gasteiger partial charge in [0.15, 0.2) is 0 Å². The lowest BCUT2D eigenvalue weighted by Crippen LogP contribution is -2.49. The molecule has 1 fully saturated rings. The molecule has 2 aromatic rings. The average Bonchev–Trinajstić information content (AvgIpc) is 3.39. The summed E-state index contributed by atoms with van der Waals surface area (Å²) in [4.78, 5) is 36.2. The summed E-state index contributed by atoms with van der Waals surface area (Å²) in [5, 5.41) is 14.7. The number of aliphatic carboxylic acids is 1. The fourth-order valence-electron chi connectivity index (χ4n) is 4.77. The van der Waals surface area contributed by atoms with E-state index in [1.807, 2.05) is 31.2 Å². The molecule has 2 aromatic carbocycles. The van der Waals surface area contributed by atoms with Gasteiger partial charge in [-0.25, -0.2) is 4.79 Å². The maximum absolute atomic E-state index is 12.6. The van der Waals surface area contributed by atoms with E-state index in [0.29, 0.717) is 25.7 Å². The maximum Gasteiger partial charge on any atom is 0.407 e. The van der Waals surface area contributed by atoms with Crippen molar-refractivity contribution in [1.29, 1.82) is 0 Å². The summed E-state index contributed by atoms with van der Waals surface area (Å²) in [5.74, 6) is -1.61. The summed E-state index contributed by atoms with van der Waals surface area (Å²) >= 11 is 0. The van der Waals surface area contributed by atoms with Gasteiger partial charge in [0, 0.05) is 12.0 Å². The van der Waals surface area contributed by atoms with Crippen molar-refractivity contribution in [1.82, 2.24) is 10.6 Å². The quantitative estimate of drug-likeness (QED) is 0.614. The predicted molar refractivity (Wildman–Crippen MR) is 119 cm³/mol. The molecule has 0 spiro atoms. The third-order valence-electron chi connectivity index (χ3n) is 6.49. The summed E-state index contributed by atoms with van der Waals surface area (Å²) in [7, 11) is 0. The van der Waals surface area contributed by atoms with E-state index < -0.39 is 24.0 Å². The van der Waals surface area contributed by atoms with Gasteiger partial charge in [-0.05, 0) is 47.9 Å². The number of carboxylic acids is 1. The van der Waals surface area contributed by atoms with Crippen molar-refractivity contribution < 1.29 is 24.2 Å². The summed E-state index contributed by atoms with van der Waals surface area (Å²) in [6.07, 6.45) is 1.37. The molecule has 7 heteroatoms. The number of fused-ring (bicyclic) bond motifs is 3. The Bertz CT molecular complexity index is 975. The lowest BCUT2D eigenvalue weighted by molar-refractivity contribution is -0.141. The van der Waals surface area contributed by atoms with Gasteiger partial charge < -0.3 is 20.5 Å². The standard InChI is InChI=1S/C25H28N2O5/c1-2-22(23(28)26-16-12-11-15(13-16)24(29)30)27-25(31)32-14-21-19-9-5-3-7-17(19)18-8-4-6-10-20(18)21/h3-10,15-16,21-22H,2,11-14H2,1H3,(H,26,28)(H,27,31)(H,29,30)/t15?,16?,22-/m1/s1. The van der Waals surface area contributed by atoms with Crippen LogP contribution in [-0.2, 0) is 14.3 Å². The first kappa shape index (κ1) is 21.9. The molecule has 2 aliphatic rings. The topological polar surface area (TPSA) is 105 Å². The van der Waals surface area contributed by atoms with Crippen LogP contribution in [0.3, 0.4) is 0 Å². The monoisotopic (exact) mass is 436 g/mol. The molecule has 3 atom stereocenters. The summed E-state index contributed by atoms with van der Waals surface area (Å²) in [6, 6.07) is 15.3. The molecular weight excluding hydrogens is 408 g/mol. The molecule has 0 heterocycles. The number of carbonyl (C=O) groups excluding carboxylic acids is 2. The number of benzene rings is 2. The first-order valence-corrected chi connectivity index (χ1v) is 11.1. The molecule has 32 heavy (non-hydrogen) atoms. The van der Waals surface area contributed by atoms with Crippen LogP contribution in [-0.4, -0.2) is 41.8 Å². The van der Waals surface area contributed by atoms with Gasteiger partial charge in [-0.3, -0.25) is 9.59 Å². The highest BCUT2D eigenvalue weighted by molar-refractivity contribution is 5.86. The molecule has 7 nitrogen and oxygen atoms in total. The molecule has 2 amide bonds. The van der Waals surface area contributed by atoms with E-state index in [1.165, 1.54) is 0 Å². The molecule has 0 radical (unpaired) electrons. The molecular formula is C25H28N2O5. The second-order valence-corrected chi connectivity index (χ2v) is 8.48. The van der Waals surface area contributed by atoms with Crippen molar-refractivity contribution in [2.24, 2.45) is 5.92 Å². The number of nitrogens with one attached hydrogen (secondary N) is 2. The lowest BCUT2D eigenvalue weighted by atomic mass is 9.98. The number of alkyl carbamates (subject to hydrolysis) is 1. The first-order chi connectivity index (χ1) is 15.5. The van der Waals surface area contributed by atoms with Crippen LogP contribution in [0.1, 0.15) is 49.7 Å². The largest absolute Gasteiger partial charge is 0.481 e. The lowest BCUT2D eigenvalue weighted by Gasteiger charge is -2.20. The van der Waals surface area contributed by atoms with E-state index >= 15 is 0 Å². The fourth-order valence-corrected chi connectivity index (χ4v) is 4.77. The van der Waals surface area contributed by atoms with Gasteiger partial charge in [0.2, 0.25) is 5.91 Å². The normalized spacial score (nSPS) is 20.2. The predicted octanol–water partition coefficient (Wildman–Crippen LogP) is 3.67. The molecule has 2 aliphatic carbocycles. The van der Waals surface area contributed by atoms with E-state index in [4.69, 9.17) is 9.84 Å². The Labute approximate surface area is 187 Å². The first-order valence-electron chi connectivity index (χ1n) is 11.1. The minimum Gasteiger partial charge on any atom is -0.481 e. The van der Waals surface area contributed by atoms with E-state index in [-0.39, 0.29) is 24.5 Å². The van der Waals surface area contributed by atoms with Crippen LogP contribution in [0.4, 0.5) is 4.79 Å². The van der Waals surface area contributed by atoms with Crippen LogP contribution < -0.4 is 10.6 Å². The van der Waals surface area contributed by atoms with Crippen molar-refractivity contribution in [3.05, 3.63) is 59.7 Å². The number of carbonyl (C=O) groups is 3. The van der Waals surface area contributed by atoms with Crippen molar-refractivity contribution in [3.8, 4) is 11.1 Å². The minimum atomic E-state index is -0.828. The zero-order chi connectivity index (χ0) is 22.7. The summed E-state index contributed by atoms with van der Waals surface area (Å²) < 4.78 is 5.53. The van der Waals surface area contributed by atoms with E-state index in [0.717, 1.165) is 22.3 Å². The number of hydrogen-bond acceptors (Lipinski definition) is 4. The SMILES string of the molecule is CC[C@@H](NC(=O)OCC1c2ccccc2-c2ccccc21)C(=O)NC1CCC(C(=O)O)C1. The van der Waals surface area contributed by atoms with Gasteiger partial charge in [-0.15, -0.1) is 0 Å². The highest BCUT2D eigenvalue weighted by Crippen LogP contribution is 2.44. The molecule has 1 saturated carbocycles. The number of amides is 2. The Balaban J connectivity index is 1.33. The van der Waals surface area contributed by atoms with Gasteiger partial charge in [-0.1, -0.05) is 55.5 Å². The second kappa shape index (κ2) is 9.42. The van der Waals surface area contributed by atoms with E-state index in [1.54, 1.807) is 0 Å². The van der Waals surface area contributed by atoms with Crippen molar-refractivity contribution >= 4 is 18.0 Å². The van der Waals surface area contributed by atoms with Crippen LogP contribution in [0.5, 0.6) is 0 Å². The zero-order valence-electron chi connectivity index (χ0n) is 18.0. The van der Waals surface area contributed by atoms with E-state index in [9.17, 15) is 14.4 Å². The van der Waals surface area contributed by atoms with Crippen LogP contribution in [0.2, 0.25) is 0 Å². The molecule has 0 bridgehead atoms. The van der Waals surface area contributed by atoms with Gasteiger partial charge in [0.05, 0.1) is 5.92 Å². The fraction of sp³-hybridized carbons (Fsp3) is 0.400. The number of ether oxygens (including phenoxy) is 1. The Kier molecular flexibility index (Phi) is 6.44. The van der Waals surface area contributed by atoms with Crippen molar-refractivity contribution in [2.45, 2.75) is 50.6 Å². The molecule has 168 valence electrons. The molecule has 0 saturated heterocycles. The van der Waals surface area contributed by atoms with Crippen molar-refractivity contribution in [3.63, 3.8) is 0 Å². The minimum absolute atomic E-state index is 0.0477. The third kappa shape index (κ3) is 4.47. The zero-order valence-corrected chi connectivity index (χ0v) is 18.0. The van der Waals surface area contributed by atoms with Crippen molar-refractivity contribution in [2.75, 3.05) is 6.61 Å².